The average molecular weight is 457 g/mol. The van der Waals surface area contributed by atoms with Gasteiger partial charge in [-0.1, -0.05) is 51.2 Å². The van der Waals surface area contributed by atoms with E-state index in [2.05, 4.69) is 19.1 Å². The zero-order valence-electron chi connectivity index (χ0n) is 18.5. The summed E-state index contributed by atoms with van der Waals surface area (Å²) in [5.74, 6) is 1.76. The van der Waals surface area contributed by atoms with E-state index in [4.69, 9.17) is 14.2 Å². The standard InChI is InChI=1S/C23H36O5S2/c1-4-5-6-7-8-9-15-28-20-12-10-11-19(18-20)23(29-16-13-21(24)26-2)30-17-14-22(25)27-3/h10-12,18,23H,4-9,13-17H2,1-3H3. The minimum atomic E-state index is -0.211. The summed E-state index contributed by atoms with van der Waals surface area (Å²) in [7, 11) is 2.81. The molecule has 0 amide bonds. The van der Waals surface area contributed by atoms with Gasteiger partial charge in [0.15, 0.2) is 0 Å². The van der Waals surface area contributed by atoms with E-state index in [0.29, 0.717) is 24.3 Å². The highest BCUT2D eigenvalue weighted by Gasteiger charge is 2.16. The number of thioether (sulfide) groups is 2. The Balaban J connectivity index is 2.57. The van der Waals surface area contributed by atoms with Gasteiger partial charge in [0.1, 0.15) is 5.75 Å². The largest absolute Gasteiger partial charge is 0.494 e. The van der Waals surface area contributed by atoms with Gasteiger partial charge in [0.25, 0.3) is 0 Å². The van der Waals surface area contributed by atoms with Gasteiger partial charge >= 0.3 is 11.9 Å². The highest BCUT2D eigenvalue weighted by molar-refractivity contribution is 8.16. The van der Waals surface area contributed by atoms with Crippen molar-refractivity contribution in [1.82, 2.24) is 0 Å². The maximum atomic E-state index is 11.4. The molecular weight excluding hydrogens is 420 g/mol. The minimum absolute atomic E-state index is 0.108. The SMILES string of the molecule is CCCCCCCCOc1cccc(C(SCCC(=O)OC)SCCC(=O)OC)c1. The number of hydrogen-bond acceptors (Lipinski definition) is 7. The highest BCUT2D eigenvalue weighted by Crippen LogP contribution is 2.41. The fourth-order valence-corrected chi connectivity index (χ4v) is 5.40. The third-order valence-corrected chi connectivity index (χ3v) is 7.35. The van der Waals surface area contributed by atoms with Gasteiger partial charge in [-0.25, -0.2) is 0 Å². The molecule has 0 heterocycles. The molecule has 0 radical (unpaired) electrons. The minimum Gasteiger partial charge on any atom is -0.494 e. The number of carbonyl (C=O) groups excluding carboxylic acids is 2. The Bertz CT molecular complexity index is 587. The second-order valence-corrected chi connectivity index (χ2v) is 9.64. The van der Waals surface area contributed by atoms with Gasteiger partial charge in [-0.2, -0.15) is 0 Å². The van der Waals surface area contributed by atoms with Crippen molar-refractivity contribution in [3.05, 3.63) is 29.8 Å². The molecule has 0 aliphatic carbocycles. The van der Waals surface area contributed by atoms with Crippen LogP contribution in [0.3, 0.4) is 0 Å². The smallest absolute Gasteiger partial charge is 0.306 e. The van der Waals surface area contributed by atoms with Crippen LogP contribution in [-0.2, 0) is 19.1 Å². The molecule has 0 saturated carbocycles. The summed E-state index contributed by atoms with van der Waals surface area (Å²) in [5.41, 5.74) is 1.13. The van der Waals surface area contributed by atoms with Crippen LogP contribution < -0.4 is 4.74 Å². The first-order chi connectivity index (χ1) is 14.6. The van der Waals surface area contributed by atoms with Crippen LogP contribution >= 0.6 is 23.5 Å². The maximum Gasteiger partial charge on any atom is 0.306 e. The van der Waals surface area contributed by atoms with Crippen LogP contribution in [0, 0.1) is 0 Å². The summed E-state index contributed by atoms with van der Waals surface area (Å²) in [6, 6.07) is 8.12. The Labute approximate surface area is 190 Å². The molecular formula is C23H36O5S2. The molecule has 0 aliphatic heterocycles. The third kappa shape index (κ3) is 12.4. The van der Waals surface area contributed by atoms with Crippen molar-refractivity contribution in [2.75, 3.05) is 32.3 Å². The molecule has 7 heteroatoms. The van der Waals surface area contributed by atoms with Crippen molar-refractivity contribution in [3.63, 3.8) is 0 Å². The molecule has 0 aliphatic rings. The van der Waals surface area contributed by atoms with Crippen LogP contribution in [0.2, 0.25) is 0 Å². The highest BCUT2D eigenvalue weighted by atomic mass is 32.2. The molecule has 0 spiro atoms. The lowest BCUT2D eigenvalue weighted by Crippen LogP contribution is -2.04. The van der Waals surface area contributed by atoms with Crippen LogP contribution in [0.1, 0.15) is 68.4 Å². The van der Waals surface area contributed by atoms with Crippen molar-refractivity contribution >= 4 is 35.5 Å². The van der Waals surface area contributed by atoms with Gasteiger partial charge in [0, 0.05) is 11.5 Å². The number of unbranched alkanes of at least 4 members (excludes halogenated alkanes) is 5. The monoisotopic (exact) mass is 456 g/mol. The van der Waals surface area contributed by atoms with E-state index in [1.807, 2.05) is 12.1 Å². The van der Waals surface area contributed by atoms with Gasteiger partial charge < -0.3 is 14.2 Å². The first-order valence-corrected chi connectivity index (χ1v) is 12.8. The number of ether oxygens (including phenoxy) is 3. The van der Waals surface area contributed by atoms with E-state index in [0.717, 1.165) is 24.3 Å². The van der Waals surface area contributed by atoms with Crippen LogP contribution in [0.5, 0.6) is 5.75 Å². The number of benzene rings is 1. The first kappa shape index (κ1) is 26.7. The lowest BCUT2D eigenvalue weighted by atomic mass is 10.1. The summed E-state index contributed by atoms with van der Waals surface area (Å²) in [5, 5.41) is 0. The van der Waals surface area contributed by atoms with Gasteiger partial charge in [0.2, 0.25) is 0 Å². The molecule has 0 N–H and O–H groups in total. The number of hydrogen-bond donors (Lipinski definition) is 0. The van der Waals surface area contributed by atoms with Gasteiger partial charge in [-0.15, -0.1) is 23.5 Å². The van der Waals surface area contributed by atoms with Crippen LogP contribution in [0.4, 0.5) is 0 Å². The van der Waals surface area contributed by atoms with Crippen molar-refractivity contribution in [1.29, 1.82) is 0 Å². The summed E-state index contributed by atoms with van der Waals surface area (Å²) in [6.07, 6.45) is 8.15. The Hall–Kier alpha value is -1.34. The predicted molar refractivity (Wildman–Crippen MR) is 126 cm³/mol. The summed E-state index contributed by atoms with van der Waals surface area (Å²) < 4.78 is 15.5. The second kappa shape index (κ2) is 17.4. The Morgan fingerprint density at radius 1 is 0.900 bits per heavy atom. The zero-order valence-corrected chi connectivity index (χ0v) is 20.2. The molecule has 5 nitrogen and oxygen atoms in total. The van der Waals surface area contributed by atoms with Gasteiger partial charge in [-0.05, 0) is 24.1 Å². The van der Waals surface area contributed by atoms with Crippen LogP contribution in [0.25, 0.3) is 0 Å². The molecule has 0 unspecified atom stereocenters. The van der Waals surface area contributed by atoms with E-state index in [1.54, 1.807) is 23.5 Å². The van der Waals surface area contributed by atoms with Gasteiger partial charge in [0.05, 0.1) is 38.3 Å². The van der Waals surface area contributed by atoms with Crippen molar-refractivity contribution < 1.29 is 23.8 Å². The van der Waals surface area contributed by atoms with E-state index in [9.17, 15) is 9.59 Å². The summed E-state index contributed by atoms with van der Waals surface area (Å²) >= 11 is 3.36. The van der Waals surface area contributed by atoms with E-state index < -0.39 is 0 Å². The lowest BCUT2D eigenvalue weighted by Gasteiger charge is -2.17. The molecule has 170 valence electrons. The van der Waals surface area contributed by atoms with Gasteiger partial charge in [-0.3, -0.25) is 9.59 Å². The molecule has 0 bridgehead atoms. The normalized spacial score (nSPS) is 10.8. The molecule has 0 atom stereocenters. The average Bonchev–Trinajstić information content (AvgIpc) is 2.77. The molecule has 0 aromatic heterocycles. The molecule has 0 saturated heterocycles. The lowest BCUT2D eigenvalue weighted by molar-refractivity contribution is -0.140. The predicted octanol–water partition coefficient (Wildman–Crippen LogP) is 6.02. The van der Waals surface area contributed by atoms with E-state index in [-0.39, 0.29) is 16.5 Å². The van der Waals surface area contributed by atoms with Crippen molar-refractivity contribution in [3.8, 4) is 5.75 Å². The van der Waals surface area contributed by atoms with E-state index in [1.165, 1.54) is 46.3 Å². The van der Waals surface area contributed by atoms with E-state index >= 15 is 0 Å². The number of rotatable bonds is 17. The molecule has 1 aromatic rings. The number of carbonyl (C=O) groups is 2. The summed E-state index contributed by atoms with van der Waals surface area (Å²) in [6.45, 7) is 2.95. The zero-order chi connectivity index (χ0) is 22.0. The fraction of sp³-hybridized carbons (Fsp3) is 0.652. The summed E-state index contributed by atoms with van der Waals surface area (Å²) in [4.78, 5) is 22.9. The topological polar surface area (TPSA) is 61.8 Å². The first-order valence-electron chi connectivity index (χ1n) is 10.7. The molecule has 30 heavy (non-hydrogen) atoms. The Morgan fingerprint density at radius 3 is 2.10 bits per heavy atom. The molecule has 1 rings (SSSR count). The quantitative estimate of drug-likeness (QED) is 0.161. The fourth-order valence-electron chi connectivity index (χ4n) is 2.77. The molecule has 0 fully saturated rings. The van der Waals surface area contributed by atoms with Crippen molar-refractivity contribution in [2.45, 2.75) is 62.9 Å². The maximum absolute atomic E-state index is 11.4. The van der Waals surface area contributed by atoms with Crippen molar-refractivity contribution in [2.24, 2.45) is 0 Å². The third-order valence-electron chi connectivity index (χ3n) is 4.50. The van der Waals surface area contributed by atoms with Crippen LogP contribution in [0.15, 0.2) is 24.3 Å². The second-order valence-electron chi connectivity index (χ2n) is 6.91. The number of esters is 2. The Kier molecular flexibility index (Phi) is 15.4. The Morgan fingerprint density at radius 2 is 1.50 bits per heavy atom. The van der Waals surface area contributed by atoms with Crippen LogP contribution in [-0.4, -0.2) is 44.3 Å². The molecule has 1 aromatic carbocycles. The number of methoxy groups -OCH3 is 2.